The van der Waals surface area contributed by atoms with Crippen LogP contribution in [-0.4, -0.2) is 11.7 Å². The van der Waals surface area contributed by atoms with Crippen molar-refractivity contribution in [3.63, 3.8) is 0 Å². The van der Waals surface area contributed by atoms with Crippen molar-refractivity contribution < 1.29 is 9.53 Å². The van der Waals surface area contributed by atoms with Crippen LogP contribution in [0.5, 0.6) is 5.75 Å². The highest BCUT2D eigenvalue weighted by Crippen LogP contribution is 2.43. The maximum Gasteiger partial charge on any atom is 0.238 e. The van der Waals surface area contributed by atoms with Crippen molar-refractivity contribution >= 4 is 57.3 Å². The molecule has 0 saturated carbocycles. The molecule has 1 atom stereocenters. The standard InChI is InChI=1S/C26H19Cl2NO2S/c27-20-9-11-21(12-10-20)29-25(30)16-32-26(29)18-8-13-24(23(28)14-18)31-15-19-6-3-5-17-4-1-2-7-22(17)19/h1-14,26H,15-16H2/t26-/m1/s1. The number of thioether (sulfide) groups is 1. The van der Waals surface area contributed by atoms with Crippen LogP contribution in [0, 0.1) is 0 Å². The Hall–Kier alpha value is -2.66. The number of amides is 1. The molecule has 0 N–H and O–H groups in total. The Kier molecular flexibility index (Phi) is 6.01. The van der Waals surface area contributed by atoms with Gasteiger partial charge in [0.1, 0.15) is 17.7 Å². The third kappa shape index (κ3) is 4.18. The first kappa shape index (κ1) is 21.2. The van der Waals surface area contributed by atoms with Crippen molar-refractivity contribution in [3.05, 3.63) is 106 Å². The van der Waals surface area contributed by atoms with Gasteiger partial charge in [0, 0.05) is 10.7 Å². The summed E-state index contributed by atoms with van der Waals surface area (Å²) >= 11 is 14.2. The highest BCUT2D eigenvalue weighted by molar-refractivity contribution is 8.00. The molecule has 0 radical (unpaired) electrons. The Morgan fingerprint density at radius 1 is 0.938 bits per heavy atom. The first-order valence-electron chi connectivity index (χ1n) is 10.2. The van der Waals surface area contributed by atoms with Crippen molar-refractivity contribution in [2.45, 2.75) is 12.0 Å². The molecular weight excluding hydrogens is 461 g/mol. The van der Waals surface area contributed by atoms with Gasteiger partial charge in [-0.25, -0.2) is 0 Å². The van der Waals surface area contributed by atoms with E-state index < -0.39 is 0 Å². The lowest BCUT2D eigenvalue weighted by atomic mass is 10.1. The van der Waals surface area contributed by atoms with Crippen LogP contribution in [0.1, 0.15) is 16.5 Å². The molecule has 4 aromatic carbocycles. The van der Waals surface area contributed by atoms with E-state index >= 15 is 0 Å². The summed E-state index contributed by atoms with van der Waals surface area (Å²) in [5.74, 6) is 1.11. The molecule has 1 aliphatic heterocycles. The highest BCUT2D eigenvalue weighted by atomic mass is 35.5. The molecule has 0 spiro atoms. The molecule has 1 heterocycles. The Labute approximate surface area is 200 Å². The molecule has 0 aromatic heterocycles. The van der Waals surface area contributed by atoms with Crippen LogP contribution in [0.25, 0.3) is 10.8 Å². The molecule has 1 amide bonds. The van der Waals surface area contributed by atoms with Gasteiger partial charge in [0.05, 0.1) is 10.8 Å². The zero-order valence-corrected chi connectivity index (χ0v) is 19.3. The zero-order chi connectivity index (χ0) is 22.1. The second-order valence-corrected chi connectivity index (χ2v) is 9.43. The van der Waals surface area contributed by atoms with E-state index in [1.165, 1.54) is 10.8 Å². The number of ether oxygens (including phenoxy) is 1. The fraction of sp³-hybridized carbons (Fsp3) is 0.115. The summed E-state index contributed by atoms with van der Waals surface area (Å²) in [5, 5.41) is 3.37. The van der Waals surface area contributed by atoms with E-state index in [0.29, 0.717) is 28.2 Å². The zero-order valence-electron chi connectivity index (χ0n) is 17.0. The van der Waals surface area contributed by atoms with E-state index in [9.17, 15) is 4.79 Å². The topological polar surface area (TPSA) is 29.5 Å². The maximum absolute atomic E-state index is 12.6. The molecule has 0 unspecified atom stereocenters. The molecule has 0 bridgehead atoms. The summed E-state index contributed by atoms with van der Waals surface area (Å²) in [6.45, 7) is 0.425. The molecule has 3 nitrogen and oxygen atoms in total. The summed E-state index contributed by atoms with van der Waals surface area (Å²) in [4.78, 5) is 14.4. The van der Waals surface area contributed by atoms with Crippen molar-refractivity contribution in [1.82, 2.24) is 0 Å². The Balaban J connectivity index is 1.37. The van der Waals surface area contributed by atoms with Gasteiger partial charge < -0.3 is 4.74 Å². The molecule has 1 saturated heterocycles. The quantitative estimate of drug-likeness (QED) is 0.296. The predicted molar refractivity (Wildman–Crippen MR) is 134 cm³/mol. The largest absolute Gasteiger partial charge is 0.487 e. The Bertz CT molecular complexity index is 1290. The van der Waals surface area contributed by atoms with Gasteiger partial charge in [-0.2, -0.15) is 0 Å². The van der Waals surface area contributed by atoms with E-state index in [-0.39, 0.29) is 11.3 Å². The first-order valence-corrected chi connectivity index (χ1v) is 12.0. The highest BCUT2D eigenvalue weighted by Gasteiger charge is 2.34. The number of fused-ring (bicyclic) bond motifs is 1. The number of halogens is 2. The van der Waals surface area contributed by atoms with Gasteiger partial charge in [-0.05, 0) is 58.3 Å². The molecule has 160 valence electrons. The van der Waals surface area contributed by atoms with Crippen molar-refractivity contribution in [2.75, 3.05) is 10.7 Å². The second kappa shape index (κ2) is 9.07. The number of carbonyl (C=O) groups excluding carboxylic acids is 1. The minimum atomic E-state index is -0.145. The van der Waals surface area contributed by atoms with Gasteiger partial charge in [-0.1, -0.05) is 71.7 Å². The number of carbonyl (C=O) groups is 1. The molecule has 1 aliphatic rings. The third-order valence-corrected chi connectivity index (χ3v) is 7.24. The summed E-state index contributed by atoms with van der Waals surface area (Å²) in [5.41, 5.74) is 2.88. The van der Waals surface area contributed by atoms with Gasteiger partial charge in [0.25, 0.3) is 0 Å². The number of hydrogen-bond acceptors (Lipinski definition) is 3. The summed E-state index contributed by atoms with van der Waals surface area (Å²) in [6.07, 6.45) is 0. The summed E-state index contributed by atoms with van der Waals surface area (Å²) < 4.78 is 6.06. The van der Waals surface area contributed by atoms with Crippen molar-refractivity contribution in [3.8, 4) is 5.75 Å². The van der Waals surface area contributed by atoms with Gasteiger partial charge in [-0.3, -0.25) is 9.69 Å². The number of hydrogen-bond donors (Lipinski definition) is 0. The lowest BCUT2D eigenvalue weighted by Crippen LogP contribution is -2.27. The molecule has 6 heteroatoms. The van der Waals surface area contributed by atoms with Crippen LogP contribution >= 0.6 is 35.0 Å². The van der Waals surface area contributed by atoms with E-state index in [2.05, 4.69) is 24.3 Å². The molecule has 4 aromatic rings. The van der Waals surface area contributed by atoms with Crippen LogP contribution in [-0.2, 0) is 11.4 Å². The lowest BCUT2D eigenvalue weighted by molar-refractivity contribution is -0.115. The van der Waals surface area contributed by atoms with E-state index in [4.69, 9.17) is 27.9 Å². The third-order valence-electron chi connectivity index (χ3n) is 5.48. The van der Waals surface area contributed by atoms with Gasteiger partial charge in [0.15, 0.2) is 0 Å². The summed E-state index contributed by atoms with van der Waals surface area (Å²) in [7, 11) is 0. The monoisotopic (exact) mass is 479 g/mol. The number of anilines is 1. The maximum atomic E-state index is 12.6. The fourth-order valence-corrected chi connectivity index (χ4v) is 5.45. The predicted octanol–water partition coefficient (Wildman–Crippen LogP) is 7.50. The van der Waals surface area contributed by atoms with Gasteiger partial charge in [0.2, 0.25) is 5.91 Å². The smallest absolute Gasteiger partial charge is 0.238 e. The average molecular weight is 480 g/mol. The van der Waals surface area contributed by atoms with Crippen LogP contribution < -0.4 is 9.64 Å². The van der Waals surface area contributed by atoms with E-state index in [1.54, 1.807) is 28.8 Å². The van der Waals surface area contributed by atoms with Crippen LogP contribution in [0.2, 0.25) is 10.0 Å². The second-order valence-electron chi connectivity index (χ2n) is 7.52. The number of benzene rings is 4. The number of nitrogens with zero attached hydrogens (tertiary/aromatic N) is 1. The van der Waals surface area contributed by atoms with Crippen LogP contribution in [0.4, 0.5) is 5.69 Å². The Morgan fingerprint density at radius 3 is 2.53 bits per heavy atom. The van der Waals surface area contributed by atoms with Crippen molar-refractivity contribution in [1.29, 1.82) is 0 Å². The summed E-state index contributed by atoms with van der Waals surface area (Å²) in [6, 6.07) is 27.5. The Morgan fingerprint density at radius 2 is 1.72 bits per heavy atom. The molecule has 5 rings (SSSR count). The van der Waals surface area contributed by atoms with Crippen molar-refractivity contribution in [2.24, 2.45) is 0 Å². The molecular formula is C26H19Cl2NO2S. The van der Waals surface area contributed by atoms with Gasteiger partial charge in [-0.15, -0.1) is 11.8 Å². The fourth-order valence-electron chi connectivity index (χ4n) is 3.91. The minimum absolute atomic E-state index is 0.0646. The molecule has 1 fully saturated rings. The normalized spacial score (nSPS) is 16.0. The van der Waals surface area contributed by atoms with Crippen LogP contribution in [0.15, 0.2) is 84.9 Å². The lowest BCUT2D eigenvalue weighted by Gasteiger charge is -2.25. The SMILES string of the molecule is O=C1CS[C@H](c2ccc(OCc3cccc4ccccc34)c(Cl)c2)N1c1ccc(Cl)cc1. The number of rotatable bonds is 5. The average Bonchev–Trinajstić information content (AvgIpc) is 3.20. The van der Waals surface area contributed by atoms with E-state index in [1.807, 2.05) is 48.5 Å². The molecule has 0 aliphatic carbocycles. The molecule has 32 heavy (non-hydrogen) atoms. The van der Waals surface area contributed by atoms with Gasteiger partial charge >= 0.3 is 0 Å². The van der Waals surface area contributed by atoms with E-state index in [0.717, 1.165) is 16.8 Å². The minimum Gasteiger partial charge on any atom is -0.487 e. The van der Waals surface area contributed by atoms with Crippen LogP contribution in [0.3, 0.4) is 0 Å². The first-order chi connectivity index (χ1) is 15.6.